The van der Waals surface area contributed by atoms with Gasteiger partial charge in [0.2, 0.25) is 0 Å². The van der Waals surface area contributed by atoms with Crippen molar-refractivity contribution < 1.29 is 0 Å². The third kappa shape index (κ3) is 3.50. The van der Waals surface area contributed by atoms with Crippen molar-refractivity contribution in [2.75, 3.05) is 0 Å². The van der Waals surface area contributed by atoms with Gasteiger partial charge in [-0.25, -0.2) is 4.98 Å². The summed E-state index contributed by atoms with van der Waals surface area (Å²) < 4.78 is 2.04. The first-order chi connectivity index (χ1) is 13.8. The van der Waals surface area contributed by atoms with Crippen LogP contribution in [0.25, 0.3) is 16.7 Å². The number of hydrogen-bond donors (Lipinski definition) is 0. The summed E-state index contributed by atoms with van der Waals surface area (Å²) in [5.41, 5.74) is 7.75. The van der Waals surface area contributed by atoms with Gasteiger partial charge in [0.15, 0.2) is 0 Å². The van der Waals surface area contributed by atoms with Gasteiger partial charge >= 0.3 is 0 Å². The van der Waals surface area contributed by atoms with Gasteiger partial charge in [-0.15, -0.1) is 5.54 Å². The topological polar surface area (TPSA) is 41.6 Å². The van der Waals surface area contributed by atoms with E-state index in [-0.39, 0.29) is 0 Å². The zero-order valence-corrected chi connectivity index (χ0v) is 19.2. The van der Waals surface area contributed by atoms with Crippen LogP contribution in [0.15, 0.2) is 48.7 Å². The fourth-order valence-electron chi connectivity index (χ4n) is 4.80. The normalized spacial score (nSPS) is 11.7. The molecule has 1 aromatic carbocycles. The maximum Gasteiger partial charge on any atom is 0.146 e. The molecule has 4 heteroatoms. The van der Waals surface area contributed by atoms with Crippen LogP contribution in [-0.2, 0) is 0 Å². The molecule has 0 N–H and O–H groups in total. The molecule has 0 aliphatic carbocycles. The highest BCUT2D eigenvalue weighted by atomic mass is 28.3. The summed E-state index contributed by atoms with van der Waals surface area (Å²) in [6.07, 6.45) is 1.78. The first-order valence-corrected chi connectivity index (χ1v) is 12.6. The lowest BCUT2D eigenvalue weighted by atomic mass is 10.1. The van der Waals surface area contributed by atoms with Crippen LogP contribution in [0.1, 0.15) is 52.8 Å². The number of rotatable bonds is 4. The van der Waals surface area contributed by atoms with Crippen molar-refractivity contribution in [2.45, 2.75) is 58.2 Å². The Morgan fingerprint density at radius 1 is 0.897 bits per heavy atom. The molecule has 3 aromatic rings. The van der Waals surface area contributed by atoms with Gasteiger partial charge in [0.25, 0.3) is 0 Å². The number of nitrogens with zero attached hydrogens (tertiary/aromatic N) is 3. The van der Waals surface area contributed by atoms with Gasteiger partial charge in [0.1, 0.15) is 25.7 Å². The van der Waals surface area contributed by atoms with Crippen LogP contribution >= 0.6 is 0 Å². The van der Waals surface area contributed by atoms with E-state index >= 15 is 0 Å². The van der Waals surface area contributed by atoms with Gasteiger partial charge in [-0.2, -0.15) is 5.26 Å². The predicted molar refractivity (Wildman–Crippen MR) is 124 cm³/mol. The molecule has 2 aromatic heterocycles. The van der Waals surface area contributed by atoms with Crippen molar-refractivity contribution >= 4 is 19.0 Å². The summed E-state index contributed by atoms with van der Waals surface area (Å²) in [6, 6.07) is 16.3. The second-order valence-corrected chi connectivity index (χ2v) is 14.1. The predicted octanol–water partition coefficient (Wildman–Crippen LogP) is 6.47. The molecular weight excluding hydrogens is 370 g/mol. The molecule has 0 unspecified atom stereocenters. The van der Waals surface area contributed by atoms with Crippen molar-refractivity contribution in [3.63, 3.8) is 0 Å². The molecule has 0 radical (unpaired) electrons. The first kappa shape index (κ1) is 20.9. The van der Waals surface area contributed by atoms with Crippen LogP contribution in [0.4, 0.5) is 0 Å². The molecule has 2 heterocycles. The Labute approximate surface area is 175 Å². The van der Waals surface area contributed by atoms with Gasteiger partial charge < -0.3 is 0 Å². The number of fused-ring (bicyclic) bond motifs is 1. The van der Waals surface area contributed by atoms with E-state index in [1.165, 1.54) is 0 Å². The Morgan fingerprint density at radius 2 is 1.52 bits per heavy atom. The van der Waals surface area contributed by atoms with Crippen LogP contribution in [0.2, 0.25) is 16.6 Å². The minimum absolute atomic E-state index is 0.535. The van der Waals surface area contributed by atoms with Gasteiger partial charge in [-0.3, -0.25) is 4.57 Å². The lowest BCUT2D eigenvalue weighted by Crippen LogP contribution is -2.43. The van der Waals surface area contributed by atoms with E-state index in [2.05, 4.69) is 64.1 Å². The highest BCUT2D eigenvalue weighted by molar-refractivity contribution is 6.90. The minimum atomic E-state index is -1.92. The minimum Gasteiger partial charge on any atom is -0.286 e. The third-order valence-electron chi connectivity index (χ3n) is 6.13. The lowest BCUT2D eigenvalue weighted by Gasteiger charge is -2.38. The summed E-state index contributed by atoms with van der Waals surface area (Å²) in [7, 11) is -1.92. The van der Waals surface area contributed by atoms with Gasteiger partial charge in [-0.05, 0) is 34.8 Å². The smallest absolute Gasteiger partial charge is 0.146 e. The largest absolute Gasteiger partial charge is 0.286 e. The summed E-state index contributed by atoms with van der Waals surface area (Å²) in [5.74, 6) is 4.31. The maximum absolute atomic E-state index is 9.99. The molecule has 3 nitrogen and oxygen atoms in total. The van der Waals surface area contributed by atoms with Crippen LogP contribution in [0, 0.1) is 22.8 Å². The van der Waals surface area contributed by atoms with E-state index in [1.54, 1.807) is 6.20 Å². The van der Waals surface area contributed by atoms with Crippen molar-refractivity contribution in [1.82, 2.24) is 9.55 Å². The molecule has 0 aliphatic heterocycles. The quantitative estimate of drug-likeness (QED) is 0.373. The number of pyridine rings is 1. The Balaban J connectivity index is 2.37. The van der Waals surface area contributed by atoms with Crippen molar-refractivity contribution in [3.05, 3.63) is 59.9 Å². The molecule has 148 valence electrons. The van der Waals surface area contributed by atoms with Crippen LogP contribution in [-0.4, -0.2) is 17.6 Å². The lowest BCUT2D eigenvalue weighted by molar-refractivity contribution is 0.838. The summed E-state index contributed by atoms with van der Waals surface area (Å²) >= 11 is 0. The number of para-hydroxylation sites is 1. The van der Waals surface area contributed by atoms with E-state index < -0.39 is 8.07 Å². The second-order valence-electron chi connectivity index (χ2n) is 8.52. The zero-order valence-electron chi connectivity index (χ0n) is 18.2. The van der Waals surface area contributed by atoms with Gasteiger partial charge in [0, 0.05) is 11.6 Å². The second kappa shape index (κ2) is 8.27. The summed E-state index contributed by atoms with van der Waals surface area (Å²) in [5, 5.41) is 10.9. The number of nitriles is 1. The van der Waals surface area contributed by atoms with E-state index in [9.17, 15) is 5.26 Å². The summed E-state index contributed by atoms with van der Waals surface area (Å²) in [6.45, 7) is 13.8. The van der Waals surface area contributed by atoms with E-state index in [0.717, 1.165) is 22.4 Å². The first-order valence-electron chi connectivity index (χ1n) is 10.3. The Kier molecular flexibility index (Phi) is 5.96. The zero-order chi connectivity index (χ0) is 21.2. The molecular formula is C25H29N3Si. The SMILES string of the molecule is CC(C)[Si](C#Cc1c(C#N)c2ccccc2n1-c1ccccn1)(C(C)C)C(C)C. The van der Waals surface area contributed by atoms with Crippen LogP contribution in [0.5, 0.6) is 0 Å². The Bertz CT molecular complexity index is 1080. The maximum atomic E-state index is 9.99. The van der Waals surface area contributed by atoms with E-state index in [1.807, 2.05) is 47.0 Å². The number of aromatic nitrogens is 2. The van der Waals surface area contributed by atoms with Crippen molar-refractivity contribution in [1.29, 1.82) is 5.26 Å². The fraction of sp³-hybridized carbons (Fsp3) is 0.360. The molecule has 3 rings (SSSR count). The molecule has 0 atom stereocenters. The third-order valence-corrected chi connectivity index (χ3v) is 12.4. The fourth-order valence-corrected chi connectivity index (χ4v) is 10.00. The molecule has 0 amide bonds. The molecule has 29 heavy (non-hydrogen) atoms. The molecule has 0 fully saturated rings. The Morgan fingerprint density at radius 3 is 2.07 bits per heavy atom. The highest BCUT2D eigenvalue weighted by Gasteiger charge is 2.41. The standard InChI is InChI=1S/C25H29N3Si/c1-18(2)29(19(3)4,20(5)6)16-14-24-22(17-26)21-11-7-8-12-23(21)28(24)25-13-9-10-15-27-25/h7-13,15,18-20H,1-6H3. The van der Waals surface area contributed by atoms with Crippen molar-refractivity contribution in [2.24, 2.45) is 0 Å². The van der Waals surface area contributed by atoms with Gasteiger partial charge in [-0.1, -0.05) is 71.7 Å². The molecule has 0 spiro atoms. The number of hydrogen-bond acceptors (Lipinski definition) is 2. The van der Waals surface area contributed by atoms with Crippen molar-refractivity contribution in [3.8, 4) is 23.4 Å². The molecule has 0 aliphatic rings. The summed E-state index contributed by atoms with van der Waals surface area (Å²) in [4.78, 5) is 4.55. The van der Waals surface area contributed by atoms with Crippen LogP contribution < -0.4 is 0 Å². The van der Waals surface area contributed by atoms with E-state index in [0.29, 0.717) is 22.2 Å². The monoisotopic (exact) mass is 399 g/mol. The number of benzene rings is 1. The highest BCUT2D eigenvalue weighted by Crippen LogP contribution is 2.41. The van der Waals surface area contributed by atoms with Crippen LogP contribution in [0.3, 0.4) is 0 Å². The molecule has 0 bridgehead atoms. The Hall–Kier alpha value is -2.82. The average molecular weight is 400 g/mol. The van der Waals surface area contributed by atoms with Gasteiger partial charge in [0.05, 0.1) is 11.1 Å². The molecule has 0 saturated carbocycles. The van der Waals surface area contributed by atoms with E-state index in [4.69, 9.17) is 0 Å². The molecule has 0 saturated heterocycles. The average Bonchev–Trinajstić information content (AvgIpc) is 3.01.